The van der Waals surface area contributed by atoms with Gasteiger partial charge in [-0.2, -0.15) is 31.6 Å². The van der Waals surface area contributed by atoms with Gasteiger partial charge in [-0.25, -0.2) is 0 Å². The number of benzene rings is 1. The van der Waals surface area contributed by atoms with Crippen molar-refractivity contribution in [1.29, 1.82) is 5.26 Å². The zero-order chi connectivity index (χ0) is 27.4. The molecule has 0 radical (unpaired) electrons. The lowest BCUT2D eigenvalue weighted by Crippen LogP contribution is -2.49. The van der Waals surface area contributed by atoms with Crippen LogP contribution in [0.4, 0.5) is 32.0 Å². The molecule has 3 aromatic rings. The molecule has 8 nitrogen and oxygen atoms in total. The number of nitrogens with zero attached hydrogens (tertiary/aromatic N) is 7. The van der Waals surface area contributed by atoms with Gasteiger partial charge >= 0.3 is 12.4 Å². The number of hydrogen-bond donors (Lipinski definition) is 0. The lowest BCUT2D eigenvalue weighted by Gasteiger charge is -2.40. The minimum Gasteiger partial charge on any atom is -0.370 e. The Kier molecular flexibility index (Phi) is 6.19. The summed E-state index contributed by atoms with van der Waals surface area (Å²) in [7, 11) is 0. The number of fused-ring (bicyclic) bond motifs is 2. The van der Waals surface area contributed by atoms with Crippen molar-refractivity contribution in [2.24, 2.45) is 11.8 Å². The van der Waals surface area contributed by atoms with Crippen molar-refractivity contribution in [2.45, 2.75) is 38.8 Å². The second-order valence-electron chi connectivity index (χ2n) is 9.53. The average Bonchev–Trinajstić information content (AvgIpc) is 3.30. The maximum atomic E-state index is 13.3. The molecular formula is C24H21F6N7O. The zero-order valence-corrected chi connectivity index (χ0v) is 20.0. The van der Waals surface area contributed by atoms with E-state index in [1.54, 1.807) is 0 Å². The van der Waals surface area contributed by atoms with E-state index in [1.165, 1.54) is 17.2 Å². The maximum absolute atomic E-state index is 13.3. The van der Waals surface area contributed by atoms with Crippen LogP contribution in [-0.2, 0) is 30.2 Å². The first-order chi connectivity index (χ1) is 17.9. The summed E-state index contributed by atoms with van der Waals surface area (Å²) in [5.74, 6) is -1.83. The highest BCUT2D eigenvalue weighted by Crippen LogP contribution is 2.38. The van der Waals surface area contributed by atoms with E-state index < -0.39 is 29.7 Å². The van der Waals surface area contributed by atoms with Crippen molar-refractivity contribution in [3.8, 4) is 6.07 Å². The van der Waals surface area contributed by atoms with Gasteiger partial charge in [0.05, 0.1) is 28.9 Å². The van der Waals surface area contributed by atoms with Gasteiger partial charge in [-0.3, -0.25) is 9.78 Å². The van der Waals surface area contributed by atoms with Gasteiger partial charge in [0.25, 0.3) is 0 Å². The average molecular weight is 537 g/mol. The molecule has 1 saturated heterocycles. The smallest absolute Gasteiger partial charge is 0.370 e. The molecule has 0 aliphatic carbocycles. The number of rotatable bonds is 2. The molecule has 38 heavy (non-hydrogen) atoms. The first-order valence-electron chi connectivity index (χ1n) is 11.8. The Bertz CT molecular complexity index is 1440. The molecule has 2 aliphatic rings. The van der Waals surface area contributed by atoms with Gasteiger partial charge in [0.15, 0.2) is 5.82 Å². The lowest BCUT2D eigenvalue weighted by molar-refractivity contribution is -0.148. The van der Waals surface area contributed by atoms with E-state index in [-0.39, 0.29) is 48.4 Å². The summed E-state index contributed by atoms with van der Waals surface area (Å²) >= 11 is 0. The van der Waals surface area contributed by atoms with Crippen molar-refractivity contribution in [3.05, 3.63) is 47.2 Å². The molecule has 4 heterocycles. The van der Waals surface area contributed by atoms with Crippen LogP contribution in [0.5, 0.6) is 0 Å². The van der Waals surface area contributed by atoms with Crippen LogP contribution in [0.3, 0.4) is 0 Å². The van der Waals surface area contributed by atoms with E-state index in [1.807, 2.05) is 11.8 Å². The molecule has 2 aliphatic heterocycles. The lowest BCUT2D eigenvalue weighted by atomic mass is 9.85. The molecule has 200 valence electrons. The molecule has 0 N–H and O–H groups in total. The minimum atomic E-state index is -4.63. The predicted octanol–water partition coefficient (Wildman–Crippen LogP) is 4.24. The summed E-state index contributed by atoms with van der Waals surface area (Å²) in [4.78, 5) is 20.8. The van der Waals surface area contributed by atoms with Gasteiger partial charge in [-0.1, -0.05) is 13.0 Å². The Balaban J connectivity index is 1.35. The van der Waals surface area contributed by atoms with Crippen LogP contribution in [-0.4, -0.2) is 50.2 Å². The third-order valence-electron chi connectivity index (χ3n) is 7.15. The minimum absolute atomic E-state index is 0.0649. The summed E-state index contributed by atoms with van der Waals surface area (Å²) in [6.45, 7) is 2.52. The number of aromatic nitrogens is 4. The number of pyridine rings is 1. The second-order valence-corrected chi connectivity index (χ2v) is 9.53. The molecule has 1 amide bonds. The standard InChI is InChI=1S/C24H21F6N7O/c1-13-11-35(20-14(9-31)10-32-18-8-15(23(25,26)27)2-3-17(18)20)5-4-16(13)21(38)36-6-7-37-19(12-36)33-34-22(37)24(28,29)30/h2-3,8,10,13,16H,4-7,11-12H2,1H3. The second kappa shape index (κ2) is 9.14. The largest absolute Gasteiger partial charge is 0.451 e. The van der Waals surface area contributed by atoms with E-state index in [0.29, 0.717) is 30.6 Å². The quantitative estimate of drug-likeness (QED) is 0.455. The fourth-order valence-electron chi connectivity index (χ4n) is 5.28. The van der Waals surface area contributed by atoms with Crippen molar-refractivity contribution in [2.75, 3.05) is 24.5 Å². The van der Waals surface area contributed by atoms with Crippen LogP contribution in [0.2, 0.25) is 0 Å². The third-order valence-corrected chi connectivity index (χ3v) is 7.15. The maximum Gasteiger partial charge on any atom is 0.451 e. The number of carbonyl (C=O) groups is 1. The fourth-order valence-corrected chi connectivity index (χ4v) is 5.28. The molecule has 0 saturated carbocycles. The monoisotopic (exact) mass is 537 g/mol. The molecule has 0 spiro atoms. The molecule has 2 aromatic heterocycles. The van der Waals surface area contributed by atoms with E-state index >= 15 is 0 Å². The number of nitriles is 1. The summed E-state index contributed by atoms with van der Waals surface area (Å²) < 4.78 is 79.9. The van der Waals surface area contributed by atoms with Crippen molar-refractivity contribution in [3.63, 3.8) is 0 Å². The normalized spacial score (nSPS) is 20.4. The number of amides is 1. The Hall–Kier alpha value is -3.89. The summed E-state index contributed by atoms with van der Waals surface area (Å²) in [6.07, 6.45) is -7.52. The Labute approximate surface area is 212 Å². The number of carbonyl (C=O) groups excluding carboxylic acids is 1. The number of anilines is 1. The Morgan fingerprint density at radius 3 is 2.50 bits per heavy atom. The summed E-state index contributed by atoms with van der Waals surface area (Å²) in [5, 5.41) is 16.9. The van der Waals surface area contributed by atoms with Gasteiger partial charge in [-0.15, -0.1) is 10.2 Å². The molecule has 2 atom stereocenters. The van der Waals surface area contributed by atoms with Crippen LogP contribution in [0.1, 0.15) is 36.1 Å². The Morgan fingerprint density at radius 2 is 1.84 bits per heavy atom. The predicted molar refractivity (Wildman–Crippen MR) is 121 cm³/mol. The highest BCUT2D eigenvalue weighted by atomic mass is 19.4. The van der Waals surface area contributed by atoms with Crippen molar-refractivity contribution < 1.29 is 31.1 Å². The van der Waals surface area contributed by atoms with Crippen LogP contribution in [0, 0.1) is 23.2 Å². The highest BCUT2D eigenvalue weighted by molar-refractivity contribution is 5.95. The van der Waals surface area contributed by atoms with Gasteiger partial charge in [0, 0.05) is 43.7 Å². The summed E-state index contributed by atoms with van der Waals surface area (Å²) in [6, 6.07) is 5.26. The van der Waals surface area contributed by atoms with E-state index in [2.05, 4.69) is 21.3 Å². The topological polar surface area (TPSA) is 90.9 Å². The first kappa shape index (κ1) is 25.7. The SMILES string of the molecule is CC1CN(c2c(C#N)cnc3cc(C(F)(F)F)ccc23)CCC1C(=O)N1CCn2c(nnc2C(F)(F)F)C1. The molecule has 1 aromatic carbocycles. The van der Waals surface area contributed by atoms with Gasteiger partial charge in [0.1, 0.15) is 6.07 Å². The van der Waals surface area contributed by atoms with Crippen LogP contribution < -0.4 is 4.90 Å². The van der Waals surface area contributed by atoms with Crippen LogP contribution >= 0.6 is 0 Å². The highest BCUT2D eigenvalue weighted by Gasteiger charge is 2.41. The number of hydrogen-bond acceptors (Lipinski definition) is 6. The first-order valence-corrected chi connectivity index (χ1v) is 11.8. The van der Waals surface area contributed by atoms with Gasteiger partial charge in [0.2, 0.25) is 11.7 Å². The van der Waals surface area contributed by atoms with Crippen LogP contribution in [0.15, 0.2) is 24.4 Å². The van der Waals surface area contributed by atoms with Gasteiger partial charge in [-0.05, 0) is 24.5 Å². The zero-order valence-electron chi connectivity index (χ0n) is 20.0. The molecule has 5 rings (SSSR count). The van der Waals surface area contributed by atoms with Crippen LogP contribution in [0.25, 0.3) is 10.9 Å². The molecular weight excluding hydrogens is 516 g/mol. The molecule has 2 unspecified atom stereocenters. The fraction of sp³-hybridized carbons (Fsp3) is 0.458. The number of alkyl halides is 6. The van der Waals surface area contributed by atoms with Gasteiger partial charge < -0.3 is 14.4 Å². The molecule has 0 bridgehead atoms. The molecule has 1 fully saturated rings. The van der Waals surface area contributed by atoms with Crippen molar-refractivity contribution >= 4 is 22.5 Å². The molecule has 14 heteroatoms. The Morgan fingerprint density at radius 1 is 1.08 bits per heavy atom. The van der Waals surface area contributed by atoms with E-state index in [4.69, 9.17) is 0 Å². The van der Waals surface area contributed by atoms with E-state index in [9.17, 15) is 36.4 Å². The van der Waals surface area contributed by atoms with E-state index in [0.717, 1.165) is 16.7 Å². The van der Waals surface area contributed by atoms with Crippen molar-refractivity contribution in [1.82, 2.24) is 24.6 Å². The number of piperidine rings is 1. The number of halogens is 6. The summed E-state index contributed by atoms with van der Waals surface area (Å²) in [5.41, 5.74) is -0.0549. The third kappa shape index (κ3) is 4.50.